The molecule has 2 rings (SSSR count). The Balaban J connectivity index is 2.10. The Hall–Kier alpha value is -0.380. The predicted octanol–water partition coefficient (Wildman–Crippen LogP) is 2.92. The Labute approximate surface area is 102 Å². The van der Waals surface area contributed by atoms with Crippen molar-refractivity contribution in [2.45, 2.75) is 38.7 Å². The van der Waals surface area contributed by atoms with Crippen LogP contribution in [-0.2, 0) is 17.6 Å². The second-order valence-electron chi connectivity index (χ2n) is 4.28. The second-order valence-corrected chi connectivity index (χ2v) is 5.50. The minimum absolute atomic E-state index is 0.369. The molecule has 1 heterocycles. The predicted molar refractivity (Wildman–Crippen MR) is 69.3 cm³/mol. The molecule has 0 saturated carbocycles. The molecule has 90 valence electrons. The molecule has 2 nitrogen and oxygen atoms in total. The van der Waals surface area contributed by atoms with Crippen LogP contribution < -0.4 is 5.32 Å². The maximum atomic E-state index is 5.82. The van der Waals surface area contributed by atoms with E-state index in [2.05, 4.69) is 18.3 Å². The minimum atomic E-state index is 0.369. The molecule has 0 aliphatic heterocycles. The number of nitrogens with one attached hydrogen (secondary N) is 1. The lowest BCUT2D eigenvalue weighted by atomic mass is 9.96. The van der Waals surface area contributed by atoms with Gasteiger partial charge in [-0.25, -0.2) is 0 Å². The lowest BCUT2D eigenvalue weighted by Gasteiger charge is -2.22. The Bertz CT molecular complexity index is 335. The third-order valence-electron chi connectivity index (χ3n) is 3.10. The number of hydrogen-bond acceptors (Lipinski definition) is 3. The molecule has 0 saturated heterocycles. The molecule has 1 atom stereocenters. The first-order valence-corrected chi connectivity index (χ1v) is 7.04. The largest absolute Gasteiger partial charge is 0.374 e. The molecule has 0 amide bonds. The van der Waals surface area contributed by atoms with Gasteiger partial charge in [-0.15, -0.1) is 11.3 Å². The highest BCUT2D eigenvalue weighted by Gasteiger charge is 2.22. The first-order valence-electron chi connectivity index (χ1n) is 6.22. The molecular weight excluding hydrogens is 218 g/mol. The van der Waals surface area contributed by atoms with Crippen molar-refractivity contribution in [2.75, 3.05) is 20.2 Å². The van der Waals surface area contributed by atoms with Gasteiger partial charge >= 0.3 is 0 Å². The number of ether oxygens (including phenoxy) is 1. The third-order valence-corrected chi connectivity index (χ3v) is 4.37. The molecule has 0 fully saturated rings. The van der Waals surface area contributed by atoms with Crippen LogP contribution in [0.1, 0.15) is 41.2 Å². The van der Waals surface area contributed by atoms with Crippen LogP contribution in [0.3, 0.4) is 0 Å². The van der Waals surface area contributed by atoms with Gasteiger partial charge in [0.1, 0.15) is 0 Å². The summed E-state index contributed by atoms with van der Waals surface area (Å²) in [6.45, 7) is 3.98. The van der Waals surface area contributed by atoms with E-state index in [1.807, 2.05) is 18.4 Å². The Morgan fingerprint density at radius 2 is 2.44 bits per heavy atom. The van der Waals surface area contributed by atoms with Crippen molar-refractivity contribution in [3.63, 3.8) is 0 Å². The number of fused-ring (bicyclic) bond motifs is 1. The minimum Gasteiger partial charge on any atom is -0.374 e. The van der Waals surface area contributed by atoms with Gasteiger partial charge in [0.15, 0.2) is 0 Å². The quantitative estimate of drug-likeness (QED) is 0.853. The van der Waals surface area contributed by atoms with Crippen LogP contribution >= 0.6 is 11.3 Å². The Morgan fingerprint density at radius 3 is 3.19 bits per heavy atom. The van der Waals surface area contributed by atoms with E-state index in [0.29, 0.717) is 6.10 Å². The molecule has 0 bridgehead atoms. The van der Waals surface area contributed by atoms with Gasteiger partial charge in [-0.1, -0.05) is 0 Å². The maximum Gasteiger partial charge on any atom is 0.0835 e. The molecular formula is C13H21NOS. The summed E-state index contributed by atoms with van der Waals surface area (Å²) in [7, 11) is 2.01. The average molecular weight is 239 g/mol. The van der Waals surface area contributed by atoms with Crippen LogP contribution in [0.15, 0.2) is 6.07 Å². The van der Waals surface area contributed by atoms with Crippen molar-refractivity contribution in [3.05, 3.63) is 21.4 Å². The van der Waals surface area contributed by atoms with Crippen LogP contribution in [0.2, 0.25) is 0 Å². The van der Waals surface area contributed by atoms with Crippen LogP contribution in [0.5, 0.6) is 0 Å². The SMILES string of the molecule is CCOC1CCCc2sc(CCNC)cc21. The number of hydrogen-bond donors (Lipinski definition) is 1. The van der Waals surface area contributed by atoms with Crippen molar-refractivity contribution >= 4 is 11.3 Å². The number of thiophene rings is 1. The molecule has 1 aliphatic rings. The van der Waals surface area contributed by atoms with Gasteiger partial charge in [0.05, 0.1) is 6.10 Å². The average Bonchev–Trinajstić information content (AvgIpc) is 2.70. The molecule has 0 spiro atoms. The first-order chi connectivity index (χ1) is 7.85. The summed E-state index contributed by atoms with van der Waals surface area (Å²) < 4.78 is 5.82. The van der Waals surface area contributed by atoms with Crippen LogP contribution in [-0.4, -0.2) is 20.2 Å². The summed E-state index contributed by atoms with van der Waals surface area (Å²) in [5, 5.41) is 3.21. The van der Waals surface area contributed by atoms with Gasteiger partial charge in [-0.05, 0) is 57.8 Å². The molecule has 0 aromatic carbocycles. The van der Waals surface area contributed by atoms with Crippen molar-refractivity contribution < 1.29 is 4.74 Å². The highest BCUT2D eigenvalue weighted by molar-refractivity contribution is 7.12. The fourth-order valence-corrected chi connectivity index (χ4v) is 3.58. The normalized spacial score (nSPS) is 19.8. The van der Waals surface area contributed by atoms with E-state index in [1.165, 1.54) is 29.7 Å². The summed E-state index contributed by atoms with van der Waals surface area (Å²) in [4.78, 5) is 3.07. The molecule has 3 heteroatoms. The maximum absolute atomic E-state index is 5.82. The number of likely N-dealkylation sites (N-methyl/N-ethyl adjacent to an activating group) is 1. The smallest absolute Gasteiger partial charge is 0.0835 e. The Morgan fingerprint density at radius 1 is 1.56 bits per heavy atom. The third kappa shape index (κ3) is 2.65. The monoisotopic (exact) mass is 239 g/mol. The topological polar surface area (TPSA) is 21.3 Å². The van der Waals surface area contributed by atoms with Crippen molar-refractivity contribution in [2.24, 2.45) is 0 Å². The van der Waals surface area contributed by atoms with E-state index in [4.69, 9.17) is 4.74 Å². The number of aryl methyl sites for hydroxylation is 1. The zero-order valence-corrected chi connectivity index (χ0v) is 11.0. The molecule has 1 unspecified atom stereocenters. The van der Waals surface area contributed by atoms with Crippen LogP contribution in [0.25, 0.3) is 0 Å². The summed E-state index contributed by atoms with van der Waals surface area (Å²) in [5.41, 5.74) is 1.48. The van der Waals surface area contributed by atoms with Gasteiger partial charge in [-0.2, -0.15) is 0 Å². The van der Waals surface area contributed by atoms with E-state index >= 15 is 0 Å². The van der Waals surface area contributed by atoms with Crippen molar-refractivity contribution in [3.8, 4) is 0 Å². The fraction of sp³-hybridized carbons (Fsp3) is 0.692. The molecule has 1 aromatic heterocycles. The lowest BCUT2D eigenvalue weighted by Crippen LogP contribution is -2.10. The van der Waals surface area contributed by atoms with Gasteiger partial charge in [0.25, 0.3) is 0 Å². The van der Waals surface area contributed by atoms with E-state index in [1.54, 1.807) is 4.88 Å². The highest BCUT2D eigenvalue weighted by atomic mass is 32.1. The fourth-order valence-electron chi connectivity index (χ4n) is 2.32. The van der Waals surface area contributed by atoms with E-state index < -0.39 is 0 Å². The van der Waals surface area contributed by atoms with Crippen molar-refractivity contribution in [1.29, 1.82) is 0 Å². The number of rotatable bonds is 5. The van der Waals surface area contributed by atoms with Crippen molar-refractivity contribution in [1.82, 2.24) is 5.32 Å². The van der Waals surface area contributed by atoms with E-state index in [0.717, 1.165) is 19.6 Å². The Kier molecular flexibility index (Phi) is 4.38. The van der Waals surface area contributed by atoms with Crippen LogP contribution in [0.4, 0.5) is 0 Å². The summed E-state index contributed by atoms with van der Waals surface area (Å²) in [6.07, 6.45) is 5.25. The summed E-state index contributed by atoms with van der Waals surface area (Å²) in [5.74, 6) is 0. The molecule has 1 N–H and O–H groups in total. The molecule has 1 aliphatic carbocycles. The summed E-state index contributed by atoms with van der Waals surface area (Å²) >= 11 is 1.98. The zero-order valence-electron chi connectivity index (χ0n) is 10.2. The van der Waals surface area contributed by atoms with Gasteiger partial charge in [0, 0.05) is 16.4 Å². The second kappa shape index (κ2) is 5.80. The zero-order chi connectivity index (χ0) is 11.4. The molecule has 16 heavy (non-hydrogen) atoms. The van der Waals surface area contributed by atoms with Gasteiger partial charge < -0.3 is 10.1 Å². The first kappa shape index (κ1) is 12.1. The molecule has 1 aromatic rings. The van der Waals surface area contributed by atoms with Gasteiger partial charge in [-0.3, -0.25) is 0 Å². The van der Waals surface area contributed by atoms with Crippen LogP contribution in [0, 0.1) is 0 Å². The van der Waals surface area contributed by atoms with E-state index in [9.17, 15) is 0 Å². The highest BCUT2D eigenvalue weighted by Crippen LogP contribution is 2.37. The standard InChI is InChI=1S/C13H21NOS/c1-3-15-12-5-4-6-13-11(12)9-10(16-13)7-8-14-2/h9,12,14H,3-8H2,1-2H3. The molecule has 0 radical (unpaired) electrons. The lowest BCUT2D eigenvalue weighted by molar-refractivity contribution is 0.0506. The van der Waals surface area contributed by atoms with E-state index in [-0.39, 0.29) is 0 Å². The van der Waals surface area contributed by atoms with Gasteiger partial charge in [0.2, 0.25) is 0 Å². The summed E-state index contributed by atoms with van der Waals surface area (Å²) in [6, 6.07) is 2.37.